The Bertz CT molecular complexity index is 2780. The van der Waals surface area contributed by atoms with Gasteiger partial charge in [0.05, 0.1) is 11.4 Å². The van der Waals surface area contributed by atoms with Gasteiger partial charge >= 0.3 is 0 Å². The van der Waals surface area contributed by atoms with Crippen molar-refractivity contribution in [1.29, 1.82) is 0 Å². The summed E-state index contributed by atoms with van der Waals surface area (Å²) in [6.07, 6.45) is 0. The molecule has 2 aromatic heterocycles. The standard InChI is InChI=1S/C46H28N2O/c1-3-13-29(14-4-1)41-28-42(30-15-5-2-6-16-30)48-46(47-41)39-26-25-32(45-44(39)38-21-11-12-22-43(38)49-45)31-23-24-37-35-19-8-7-17-33(35)34-18-9-10-20-36(34)40(37)27-31/h1-28H. The summed E-state index contributed by atoms with van der Waals surface area (Å²) in [7, 11) is 0. The van der Waals surface area contributed by atoms with E-state index in [1.54, 1.807) is 0 Å². The van der Waals surface area contributed by atoms with Crippen LogP contribution in [-0.2, 0) is 0 Å². The average Bonchev–Trinajstić information content (AvgIpc) is 3.58. The fraction of sp³-hybridized carbons (Fsp3) is 0. The molecule has 3 nitrogen and oxygen atoms in total. The lowest BCUT2D eigenvalue weighted by Gasteiger charge is -2.13. The molecule has 10 aromatic rings. The smallest absolute Gasteiger partial charge is 0.161 e. The number of hydrogen-bond acceptors (Lipinski definition) is 3. The first kappa shape index (κ1) is 27.5. The van der Waals surface area contributed by atoms with Gasteiger partial charge in [0.2, 0.25) is 0 Å². The fourth-order valence-corrected chi connectivity index (χ4v) is 7.40. The van der Waals surface area contributed by atoms with Crippen LogP contribution in [0.5, 0.6) is 0 Å². The van der Waals surface area contributed by atoms with Crippen LogP contribution in [0.15, 0.2) is 174 Å². The number of nitrogens with zero attached hydrogens (tertiary/aromatic N) is 2. The summed E-state index contributed by atoms with van der Waals surface area (Å²) in [4.78, 5) is 10.4. The Morgan fingerprint density at radius 3 is 1.45 bits per heavy atom. The molecule has 228 valence electrons. The van der Waals surface area contributed by atoms with Gasteiger partial charge in [-0.3, -0.25) is 0 Å². The highest BCUT2D eigenvalue weighted by Crippen LogP contribution is 2.43. The molecule has 0 fully saturated rings. The Kier molecular flexibility index (Phi) is 6.18. The maximum absolute atomic E-state index is 6.74. The molecule has 3 heteroatoms. The van der Waals surface area contributed by atoms with E-state index in [4.69, 9.17) is 14.4 Å². The van der Waals surface area contributed by atoms with Crippen LogP contribution in [0.25, 0.3) is 99.3 Å². The van der Waals surface area contributed by atoms with E-state index in [0.29, 0.717) is 5.82 Å². The molecule has 0 aliphatic rings. The minimum absolute atomic E-state index is 0.666. The summed E-state index contributed by atoms with van der Waals surface area (Å²) in [5, 5.41) is 9.57. The zero-order valence-electron chi connectivity index (χ0n) is 26.5. The van der Waals surface area contributed by atoms with Gasteiger partial charge in [0.1, 0.15) is 11.2 Å². The van der Waals surface area contributed by atoms with Crippen molar-refractivity contribution in [3.8, 4) is 45.0 Å². The molecule has 0 spiro atoms. The molecule has 49 heavy (non-hydrogen) atoms. The Balaban J connectivity index is 1.24. The van der Waals surface area contributed by atoms with Crippen molar-refractivity contribution >= 4 is 54.3 Å². The highest BCUT2D eigenvalue weighted by atomic mass is 16.3. The van der Waals surface area contributed by atoms with Crippen LogP contribution in [-0.4, -0.2) is 9.97 Å². The molecule has 0 radical (unpaired) electrons. The SMILES string of the molecule is c1ccc(-c2cc(-c3ccccc3)nc(-c3ccc(-c4ccc5c6ccccc6c6ccccc6c5c4)c4oc5ccccc5c34)n2)cc1. The van der Waals surface area contributed by atoms with Gasteiger partial charge in [-0.05, 0) is 68.2 Å². The summed E-state index contributed by atoms with van der Waals surface area (Å²) < 4.78 is 6.74. The number of hydrogen-bond donors (Lipinski definition) is 0. The van der Waals surface area contributed by atoms with Crippen molar-refractivity contribution < 1.29 is 4.42 Å². The summed E-state index contributed by atoms with van der Waals surface area (Å²) in [6.45, 7) is 0. The zero-order valence-corrected chi connectivity index (χ0v) is 26.5. The summed E-state index contributed by atoms with van der Waals surface area (Å²) in [5.74, 6) is 0.666. The van der Waals surface area contributed by atoms with Crippen molar-refractivity contribution in [3.63, 3.8) is 0 Å². The Morgan fingerprint density at radius 1 is 0.347 bits per heavy atom. The molecule has 0 aliphatic heterocycles. The van der Waals surface area contributed by atoms with Crippen LogP contribution >= 0.6 is 0 Å². The third kappa shape index (κ3) is 4.44. The van der Waals surface area contributed by atoms with Crippen molar-refractivity contribution in [2.75, 3.05) is 0 Å². The Labute approximate surface area is 282 Å². The van der Waals surface area contributed by atoms with E-state index in [-0.39, 0.29) is 0 Å². The van der Waals surface area contributed by atoms with Gasteiger partial charge in [0, 0.05) is 33.0 Å². The molecule has 0 N–H and O–H groups in total. The summed E-state index contributed by atoms with van der Waals surface area (Å²) >= 11 is 0. The molecule has 0 atom stereocenters. The quantitative estimate of drug-likeness (QED) is 0.183. The molecule has 0 amide bonds. The van der Waals surface area contributed by atoms with Gasteiger partial charge in [-0.2, -0.15) is 0 Å². The van der Waals surface area contributed by atoms with Crippen molar-refractivity contribution in [2.24, 2.45) is 0 Å². The van der Waals surface area contributed by atoms with E-state index in [0.717, 1.165) is 61.1 Å². The third-order valence-electron chi connectivity index (χ3n) is 9.69. The lowest BCUT2D eigenvalue weighted by atomic mass is 9.91. The second kappa shape index (κ2) is 11.0. The second-order valence-electron chi connectivity index (χ2n) is 12.5. The first-order chi connectivity index (χ1) is 24.3. The van der Waals surface area contributed by atoms with Gasteiger partial charge in [-0.25, -0.2) is 9.97 Å². The van der Waals surface area contributed by atoms with E-state index < -0.39 is 0 Å². The number of furan rings is 1. The second-order valence-corrected chi connectivity index (χ2v) is 12.5. The van der Waals surface area contributed by atoms with E-state index in [1.807, 2.05) is 48.5 Å². The average molecular weight is 625 g/mol. The van der Waals surface area contributed by atoms with E-state index in [9.17, 15) is 0 Å². The maximum Gasteiger partial charge on any atom is 0.161 e. The molecule has 0 bridgehead atoms. The van der Waals surface area contributed by atoms with E-state index >= 15 is 0 Å². The van der Waals surface area contributed by atoms with Crippen LogP contribution < -0.4 is 0 Å². The topological polar surface area (TPSA) is 38.9 Å². The molecule has 0 saturated carbocycles. The molecule has 2 heterocycles. The predicted molar refractivity (Wildman–Crippen MR) is 204 cm³/mol. The normalized spacial score (nSPS) is 11.7. The van der Waals surface area contributed by atoms with Crippen molar-refractivity contribution in [3.05, 3.63) is 170 Å². The van der Waals surface area contributed by atoms with Crippen molar-refractivity contribution in [1.82, 2.24) is 9.97 Å². The maximum atomic E-state index is 6.74. The molecule has 10 rings (SSSR count). The Hall–Kier alpha value is -6.58. The lowest BCUT2D eigenvalue weighted by Crippen LogP contribution is -1.96. The van der Waals surface area contributed by atoms with Gasteiger partial charge in [0.25, 0.3) is 0 Å². The predicted octanol–water partition coefficient (Wildman–Crippen LogP) is 12.5. The lowest BCUT2D eigenvalue weighted by molar-refractivity contribution is 0.670. The number of benzene rings is 8. The highest BCUT2D eigenvalue weighted by Gasteiger charge is 2.21. The minimum Gasteiger partial charge on any atom is -0.455 e. The highest BCUT2D eigenvalue weighted by molar-refractivity contribution is 6.26. The van der Waals surface area contributed by atoms with Gasteiger partial charge < -0.3 is 4.42 Å². The molecule has 0 aliphatic carbocycles. The van der Waals surface area contributed by atoms with Gasteiger partial charge in [-0.15, -0.1) is 0 Å². The van der Waals surface area contributed by atoms with Crippen LogP contribution in [0.2, 0.25) is 0 Å². The van der Waals surface area contributed by atoms with Crippen LogP contribution in [0.3, 0.4) is 0 Å². The third-order valence-corrected chi connectivity index (χ3v) is 9.69. The van der Waals surface area contributed by atoms with E-state index in [2.05, 4.69) is 121 Å². The largest absolute Gasteiger partial charge is 0.455 e. The Morgan fingerprint density at radius 2 is 0.837 bits per heavy atom. The summed E-state index contributed by atoms with van der Waals surface area (Å²) in [5.41, 5.74) is 8.60. The molecule has 8 aromatic carbocycles. The first-order valence-electron chi connectivity index (χ1n) is 16.6. The zero-order chi connectivity index (χ0) is 32.3. The molecular weight excluding hydrogens is 597 g/mol. The number of fused-ring (bicyclic) bond motifs is 9. The van der Waals surface area contributed by atoms with Crippen LogP contribution in [0, 0.1) is 0 Å². The van der Waals surface area contributed by atoms with Crippen LogP contribution in [0.1, 0.15) is 0 Å². The van der Waals surface area contributed by atoms with E-state index in [1.165, 1.54) is 32.3 Å². The van der Waals surface area contributed by atoms with Crippen molar-refractivity contribution in [2.45, 2.75) is 0 Å². The monoisotopic (exact) mass is 624 g/mol. The van der Waals surface area contributed by atoms with Gasteiger partial charge in [-0.1, -0.05) is 140 Å². The number of rotatable bonds is 4. The first-order valence-corrected chi connectivity index (χ1v) is 16.6. The van der Waals surface area contributed by atoms with Crippen LogP contribution in [0.4, 0.5) is 0 Å². The number of para-hydroxylation sites is 1. The fourth-order valence-electron chi connectivity index (χ4n) is 7.40. The molecule has 0 saturated heterocycles. The molecular formula is C46H28N2O. The van der Waals surface area contributed by atoms with Gasteiger partial charge in [0.15, 0.2) is 5.82 Å². The summed E-state index contributed by atoms with van der Waals surface area (Å²) in [6, 6.07) is 59.5. The minimum atomic E-state index is 0.666. The molecule has 0 unspecified atom stereocenters. The number of aromatic nitrogens is 2.